The third-order valence-electron chi connectivity index (χ3n) is 1.86. The molecule has 0 radical (unpaired) electrons. The van der Waals surface area contributed by atoms with Gasteiger partial charge in [0.05, 0.1) is 4.90 Å². The van der Waals surface area contributed by atoms with Gasteiger partial charge in [0, 0.05) is 19.3 Å². The number of urea groups is 1. The first-order valence-corrected chi connectivity index (χ1v) is 6.60. The Balaban J connectivity index is 2.71. The molecule has 0 aliphatic heterocycles. The van der Waals surface area contributed by atoms with Gasteiger partial charge >= 0.3 is 6.03 Å². The second kappa shape index (κ2) is 5.85. The van der Waals surface area contributed by atoms with Gasteiger partial charge in [-0.05, 0) is 6.07 Å². The Morgan fingerprint density at radius 3 is 2.67 bits per heavy atom. The lowest BCUT2D eigenvalue weighted by Gasteiger charge is -2.06. The van der Waals surface area contributed by atoms with E-state index in [9.17, 15) is 18.0 Å². The lowest BCUT2D eigenvalue weighted by atomic mass is 10.5. The predicted octanol–water partition coefficient (Wildman–Crippen LogP) is -1.03. The van der Waals surface area contributed by atoms with Gasteiger partial charge in [0.2, 0.25) is 10.0 Å². The van der Waals surface area contributed by atoms with Crippen molar-refractivity contribution in [2.75, 3.05) is 13.1 Å². The van der Waals surface area contributed by atoms with Gasteiger partial charge in [-0.25, -0.2) is 17.9 Å². The van der Waals surface area contributed by atoms with Gasteiger partial charge in [0.15, 0.2) is 0 Å². The van der Waals surface area contributed by atoms with Crippen LogP contribution in [0.1, 0.15) is 0 Å². The zero-order valence-corrected chi connectivity index (χ0v) is 10.6. The fourth-order valence-electron chi connectivity index (χ4n) is 1.05. The number of rotatable bonds is 5. The van der Waals surface area contributed by atoms with Gasteiger partial charge in [-0.1, -0.05) is 11.6 Å². The Labute approximate surface area is 108 Å². The number of carbonyl (C=O) groups is 1. The van der Waals surface area contributed by atoms with E-state index in [-0.39, 0.29) is 23.0 Å². The molecule has 0 saturated carbocycles. The van der Waals surface area contributed by atoms with Crippen molar-refractivity contribution in [2.24, 2.45) is 5.73 Å². The van der Waals surface area contributed by atoms with Crippen LogP contribution in [0, 0.1) is 0 Å². The van der Waals surface area contributed by atoms with Crippen LogP contribution < -0.4 is 21.3 Å². The quantitative estimate of drug-likeness (QED) is 0.517. The van der Waals surface area contributed by atoms with Crippen molar-refractivity contribution in [3.8, 4) is 0 Å². The number of nitrogens with two attached hydrogens (primary N) is 1. The van der Waals surface area contributed by atoms with Crippen LogP contribution in [0.15, 0.2) is 22.0 Å². The van der Waals surface area contributed by atoms with Crippen molar-refractivity contribution < 1.29 is 13.2 Å². The van der Waals surface area contributed by atoms with Crippen LogP contribution in [0.2, 0.25) is 5.02 Å². The lowest BCUT2D eigenvalue weighted by molar-refractivity contribution is 0.249. The highest BCUT2D eigenvalue weighted by Gasteiger charge is 2.14. The van der Waals surface area contributed by atoms with Crippen molar-refractivity contribution in [2.45, 2.75) is 4.90 Å². The van der Waals surface area contributed by atoms with E-state index in [2.05, 4.69) is 15.0 Å². The molecule has 1 aromatic rings. The number of sulfonamides is 1. The minimum atomic E-state index is -3.79. The molecule has 0 unspecified atom stereocenters. The van der Waals surface area contributed by atoms with Crippen molar-refractivity contribution >= 4 is 27.7 Å². The first-order valence-electron chi connectivity index (χ1n) is 4.74. The monoisotopic (exact) mass is 294 g/mol. The molecular weight excluding hydrogens is 284 g/mol. The van der Waals surface area contributed by atoms with Gasteiger partial charge in [0.25, 0.3) is 5.56 Å². The first-order chi connectivity index (χ1) is 8.33. The third-order valence-corrected chi connectivity index (χ3v) is 3.58. The Morgan fingerprint density at radius 2 is 2.11 bits per heavy atom. The number of hydrogen-bond acceptors (Lipinski definition) is 4. The Morgan fingerprint density at radius 1 is 1.44 bits per heavy atom. The molecule has 100 valence electrons. The average molecular weight is 295 g/mol. The number of pyridine rings is 1. The van der Waals surface area contributed by atoms with Crippen LogP contribution in [0.25, 0.3) is 0 Å². The average Bonchev–Trinajstić information content (AvgIpc) is 2.28. The molecule has 8 nitrogen and oxygen atoms in total. The first kappa shape index (κ1) is 14.5. The van der Waals surface area contributed by atoms with E-state index in [0.29, 0.717) is 0 Å². The summed E-state index contributed by atoms with van der Waals surface area (Å²) in [6.45, 7) is 0.00761. The largest absolute Gasteiger partial charge is 0.352 e. The highest BCUT2D eigenvalue weighted by atomic mass is 35.5. The molecule has 1 heterocycles. The smallest absolute Gasteiger partial charge is 0.312 e. The highest BCUT2D eigenvalue weighted by molar-refractivity contribution is 7.89. The molecule has 0 fully saturated rings. The van der Waals surface area contributed by atoms with Crippen LogP contribution in [-0.2, 0) is 10.0 Å². The van der Waals surface area contributed by atoms with E-state index in [4.69, 9.17) is 17.3 Å². The van der Waals surface area contributed by atoms with E-state index in [1.807, 2.05) is 0 Å². The zero-order chi connectivity index (χ0) is 13.8. The van der Waals surface area contributed by atoms with E-state index in [1.54, 1.807) is 0 Å². The molecule has 5 N–H and O–H groups in total. The number of amides is 2. The van der Waals surface area contributed by atoms with Gasteiger partial charge in [-0.15, -0.1) is 0 Å². The van der Waals surface area contributed by atoms with Gasteiger partial charge in [0.1, 0.15) is 5.02 Å². The summed E-state index contributed by atoms with van der Waals surface area (Å²) in [6.07, 6.45) is 1.03. The maximum absolute atomic E-state index is 11.7. The lowest BCUT2D eigenvalue weighted by Crippen LogP contribution is -2.37. The molecule has 0 atom stereocenters. The van der Waals surface area contributed by atoms with Crippen molar-refractivity contribution in [1.82, 2.24) is 15.0 Å². The van der Waals surface area contributed by atoms with Crippen molar-refractivity contribution in [1.29, 1.82) is 0 Å². The second-order valence-electron chi connectivity index (χ2n) is 3.20. The number of hydrogen-bond donors (Lipinski definition) is 4. The van der Waals surface area contributed by atoms with Gasteiger partial charge < -0.3 is 16.0 Å². The summed E-state index contributed by atoms with van der Waals surface area (Å²) < 4.78 is 25.6. The van der Waals surface area contributed by atoms with E-state index in [1.165, 1.54) is 0 Å². The van der Waals surface area contributed by atoms with Crippen molar-refractivity contribution in [3.63, 3.8) is 0 Å². The van der Waals surface area contributed by atoms with Crippen molar-refractivity contribution in [3.05, 3.63) is 27.6 Å². The molecule has 1 aromatic heterocycles. The maximum atomic E-state index is 11.7. The van der Waals surface area contributed by atoms with E-state index >= 15 is 0 Å². The predicted molar refractivity (Wildman–Crippen MR) is 64.8 cm³/mol. The summed E-state index contributed by atoms with van der Waals surface area (Å²) in [7, 11) is -3.79. The summed E-state index contributed by atoms with van der Waals surface area (Å²) in [5.74, 6) is 0. The number of nitrogens with one attached hydrogen (secondary N) is 3. The van der Waals surface area contributed by atoms with Crippen LogP contribution in [0.4, 0.5) is 4.79 Å². The molecule has 0 saturated heterocycles. The SMILES string of the molecule is NC(=O)NCCNS(=O)(=O)c1c[nH]c(=O)c(Cl)c1. The summed E-state index contributed by atoms with van der Waals surface area (Å²) in [6, 6.07) is 0.283. The Bertz CT molecular complexity index is 597. The van der Waals surface area contributed by atoms with Crippen LogP contribution in [-0.4, -0.2) is 32.5 Å². The normalized spacial score (nSPS) is 11.2. The second-order valence-corrected chi connectivity index (χ2v) is 5.38. The number of primary amides is 1. The molecule has 18 heavy (non-hydrogen) atoms. The van der Waals surface area contributed by atoms with Crippen LogP contribution in [0.5, 0.6) is 0 Å². The topological polar surface area (TPSA) is 134 Å². The molecule has 0 aliphatic carbocycles. The summed E-state index contributed by atoms with van der Waals surface area (Å²) >= 11 is 5.51. The number of halogens is 1. The third kappa shape index (κ3) is 4.02. The molecule has 0 aliphatic rings. The summed E-state index contributed by atoms with van der Waals surface area (Å²) in [5.41, 5.74) is 4.23. The minimum Gasteiger partial charge on any atom is -0.352 e. The fraction of sp³-hybridized carbons (Fsp3) is 0.250. The number of H-pyrrole nitrogens is 1. The van der Waals surface area contributed by atoms with E-state index < -0.39 is 21.6 Å². The number of aromatic amines is 1. The van der Waals surface area contributed by atoms with Gasteiger partial charge in [-0.3, -0.25) is 4.79 Å². The van der Waals surface area contributed by atoms with Gasteiger partial charge in [-0.2, -0.15) is 0 Å². The highest BCUT2D eigenvalue weighted by Crippen LogP contribution is 2.09. The Hall–Kier alpha value is -1.58. The molecule has 1 rings (SSSR count). The molecule has 2 amide bonds. The molecule has 10 heteroatoms. The fourth-order valence-corrected chi connectivity index (χ4v) is 2.31. The zero-order valence-electron chi connectivity index (χ0n) is 9.07. The summed E-state index contributed by atoms with van der Waals surface area (Å²) in [4.78, 5) is 23.3. The minimum absolute atomic E-state index is 0.0397. The number of aromatic nitrogens is 1. The maximum Gasteiger partial charge on any atom is 0.312 e. The standard InChI is InChI=1S/C8H11ClN4O4S/c9-6-3-5(4-12-7(6)14)18(16,17)13-2-1-11-8(10)15/h3-4,13H,1-2H2,(H,12,14)(H3,10,11,15). The Kier molecular flexibility index (Phi) is 4.70. The van der Waals surface area contributed by atoms with Crippen LogP contribution in [0.3, 0.4) is 0 Å². The molecule has 0 bridgehead atoms. The summed E-state index contributed by atoms with van der Waals surface area (Å²) in [5, 5.41) is 1.99. The van der Waals surface area contributed by atoms with E-state index in [0.717, 1.165) is 12.3 Å². The number of carbonyl (C=O) groups excluding carboxylic acids is 1. The van der Waals surface area contributed by atoms with Crippen LogP contribution >= 0.6 is 11.6 Å². The molecular formula is C8H11ClN4O4S. The molecule has 0 spiro atoms. The molecule has 0 aromatic carbocycles.